The van der Waals surface area contributed by atoms with Crippen LogP contribution in [0.1, 0.15) is 11.1 Å². The van der Waals surface area contributed by atoms with Crippen molar-refractivity contribution in [1.82, 2.24) is 9.13 Å². The number of hydrogen-bond acceptors (Lipinski definition) is 2. The first-order valence-corrected chi connectivity index (χ1v) is 15.9. The van der Waals surface area contributed by atoms with E-state index in [1.165, 1.54) is 10.8 Å². The van der Waals surface area contributed by atoms with E-state index < -0.39 is 0 Å². The first-order chi connectivity index (χ1) is 23.8. The SMILES string of the molecule is N#Cc1ccc2c(c1)c1cccc(-c3ccccc3-c3ccccc3-n3c4ccccc4c4ccccc43)c1n2-c1ccccc1C#N. The number of fused-ring (bicyclic) bond motifs is 6. The van der Waals surface area contributed by atoms with Gasteiger partial charge in [0.15, 0.2) is 0 Å². The van der Waals surface area contributed by atoms with Crippen LogP contribution in [0.4, 0.5) is 0 Å². The third-order valence-corrected chi connectivity index (χ3v) is 9.41. The minimum absolute atomic E-state index is 0.584. The summed E-state index contributed by atoms with van der Waals surface area (Å²) < 4.78 is 4.57. The molecule has 0 N–H and O–H groups in total. The molecule has 9 rings (SSSR count). The highest BCUT2D eigenvalue weighted by Gasteiger charge is 2.22. The number of nitrogens with zero attached hydrogens (tertiary/aromatic N) is 4. The van der Waals surface area contributed by atoms with E-state index in [0.717, 1.165) is 66.5 Å². The van der Waals surface area contributed by atoms with Crippen LogP contribution in [0, 0.1) is 22.7 Å². The van der Waals surface area contributed by atoms with Gasteiger partial charge in [-0.05, 0) is 59.7 Å². The molecular weight excluding hydrogens is 585 g/mol. The highest BCUT2D eigenvalue weighted by Crippen LogP contribution is 2.44. The summed E-state index contributed by atoms with van der Waals surface area (Å²) in [5.41, 5.74) is 11.7. The van der Waals surface area contributed by atoms with Crippen LogP contribution in [-0.4, -0.2) is 9.13 Å². The Labute approximate surface area is 277 Å². The lowest BCUT2D eigenvalue weighted by Gasteiger charge is -2.18. The summed E-state index contributed by atoms with van der Waals surface area (Å²) in [7, 11) is 0. The van der Waals surface area contributed by atoms with Crippen LogP contribution in [0.15, 0.2) is 158 Å². The Morgan fingerprint density at radius 3 is 1.62 bits per heavy atom. The number of aromatic nitrogens is 2. The number of hydrogen-bond donors (Lipinski definition) is 0. The number of rotatable bonds is 4. The van der Waals surface area contributed by atoms with Crippen LogP contribution >= 0.6 is 0 Å². The molecule has 4 nitrogen and oxygen atoms in total. The Bertz CT molecular complexity index is 2760. The fraction of sp³-hybridized carbons (Fsp3) is 0. The van der Waals surface area contributed by atoms with E-state index in [-0.39, 0.29) is 0 Å². The Morgan fingerprint density at radius 2 is 0.917 bits per heavy atom. The molecule has 2 aromatic heterocycles. The molecule has 222 valence electrons. The normalized spacial score (nSPS) is 11.3. The molecule has 0 unspecified atom stereocenters. The molecule has 48 heavy (non-hydrogen) atoms. The van der Waals surface area contributed by atoms with Gasteiger partial charge < -0.3 is 9.13 Å². The Morgan fingerprint density at radius 1 is 0.375 bits per heavy atom. The van der Waals surface area contributed by atoms with Crippen molar-refractivity contribution < 1.29 is 0 Å². The Kier molecular flexibility index (Phi) is 6.22. The van der Waals surface area contributed by atoms with Crippen molar-refractivity contribution >= 4 is 43.6 Å². The van der Waals surface area contributed by atoms with Crippen molar-refractivity contribution in [2.24, 2.45) is 0 Å². The fourth-order valence-electron chi connectivity index (χ4n) is 7.40. The molecule has 9 aromatic rings. The van der Waals surface area contributed by atoms with E-state index >= 15 is 0 Å². The average molecular weight is 611 g/mol. The average Bonchev–Trinajstić information content (AvgIpc) is 3.67. The quantitative estimate of drug-likeness (QED) is 0.199. The molecule has 7 aromatic carbocycles. The van der Waals surface area contributed by atoms with Crippen LogP contribution in [-0.2, 0) is 0 Å². The zero-order chi connectivity index (χ0) is 32.2. The van der Waals surface area contributed by atoms with Crippen LogP contribution in [0.25, 0.3) is 77.2 Å². The lowest BCUT2D eigenvalue weighted by atomic mass is 9.92. The molecule has 0 radical (unpaired) electrons. The van der Waals surface area contributed by atoms with E-state index in [9.17, 15) is 10.5 Å². The van der Waals surface area contributed by atoms with Crippen LogP contribution < -0.4 is 0 Å². The van der Waals surface area contributed by atoms with E-state index in [2.05, 4.69) is 137 Å². The maximum Gasteiger partial charge on any atom is 0.101 e. The molecule has 4 heteroatoms. The van der Waals surface area contributed by atoms with E-state index in [1.54, 1.807) is 0 Å². The second kappa shape index (κ2) is 10.9. The summed E-state index contributed by atoms with van der Waals surface area (Å²) in [6, 6.07) is 59.0. The summed E-state index contributed by atoms with van der Waals surface area (Å²) in [4.78, 5) is 0. The lowest BCUT2D eigenvalue weighted by Crippen LogP contribution is -2.00. The van der Waals surface area contributed by atoms with Crippen LogP contribution in [0.3, 0.4) is 0 Å². The van der Waals surface area contributed by atoms with Crippen molar-refractivity contribution in [3.8, 4) is 45.8 Å². The molecule has 0 atom stereocenters. The summed E-state index contributed by atoms with van der Waals surface area (Å²) in [6.07, 6.45) is 0. The summed E-state index contributed by atoms with van der Waals surface area (Å²) in [5.74, 6) is 0. The van der Waals surface area contributed by atoms with Crippen molar-refractivity contribution in [3.05, 3.63) is 169 Å². The molecule has 0 amide bonds. The number of benzene rings is 7. The van der Waals surface area contributed by atoms with Gasteiger partial charge in [-0.1, -0.05) is 109 Å². The molecule has 0 spiro atoms. The second-order valence-corrected chi connectivity index (χ2v) is 11.9. The Hall–Kier alpha value is -6.88. The fourth-order valence-corrected chi connectivity index (χ4v) is 7.40. The van der Waals surface area contributed by atoms with E-state index in [0.29, 0.717) is 11.1 Å². The summed E-state index contributed by atoms with van der Waals surface area (Å²) >= 11 is 0. The van der Waals surface area contributed by atoms with Gasteiger partial charge in [-0.25, -0.2) is 0 Å². The predicted molar refractivity (Wildman–Crippen MR) is 195 cm³/mol. The molecule has 2 heterocycles. The monoisotopic (exact) mass is 610 g/mol. The third kappa shape index (κ3) is 4.01. The maximum atomic E-state index is 10.2. The van der Waals surface area contributed by atoms with Crippen LogP contribution in [0.5, 0.6) is 0 Å². The maximum absolute atomic E-state index is 10.2. The minimum atomic E-state index is 0.584. The first-order valence-electron chi connectivity index (χ1n) is 15.9. The molecule has 0 aliphatic rings. The van der Waals surface area contributed by atoms with Gasteiger partial charge in [0.25, 0.3) is 0 Å². The molecule has 0 saturated carbocycles. The van der Waals surface area contributed by atoms with E-state index in [4.69, 9.17) is 0 Å². The molecule has 0 aliphatic carbocycles. The molecular formula is C44H26N4. The largest absolute Gasteiger partial charge is 0.309 e. The smallest absolute Gasteiger partial charge is 0.101 e. The van der Waals surface area contributed by atoms with Gasteiger partial charge in [-0.3, -0.25) is 0 Å². The highest BCUT2D eigenvalue weighted by molar-refractivity contribution is 6.15. The summed E-state index contributed by atoms with van der Waals surface area (Å²) in [6.45, 7) is 0. The summed E-state index contributed by atoms with van der Waals surface area (Å²) in [5, 5.41) is 24.4. The second-order valence-electron chi connectivity index (χ2n) is 11.9. The van der Waals surface area contributed by atoms with Gasteiger partial charge in [-0.15, -0.1) is 0 Å². The van der Waals surface area contributed by atoms with Gasteiger partial charge in [0.05, 0.1) is 50.6 Å². The van der Waals surface area contributed by atoms with Gasteiger partial charge in [0.1, 0.15) is 6.07 Å². The zero-order valence-electron chi connectivity index (χ0n) is 25.8. The van der Waals surface area contributed by atoms with Crippen LogP contribution in [0.2, 0.25) is 0 Å². The Balaban J connectivity index is 1.38. The van der Waals surface area contributed by atoms with Crippen molar-refractivity contribution in [2.75, 3.05) is 0 Å². The highest BCUT2D eigenvalue weighted by atomic mass is 15.0. The first kappa shape index (κ1) is 27.4. The van der Waals surface area contributed by atoms with Gasteiger partial charge in [-0.2, -0.15) is 10.5 Å². The molecule has 0 fully saturated rings. The molecule has 0 bridgehead atoms. The van der Waals surface area contributed by atoms with E-state index in [1.807, 2.05) is 42.5 Å². The third-order valence-electron chi connectivity index (χ3n) is 9.41. The topological polar surface area (TPSA) is 57.4 Å². The van der Waals surface area contributed by atoms with Crippen molar-refractivity contribution in [3.63, 3.8) is 0 Å². The number of para-hydroxylation sites is 5. The van der Waals surface area contributed by atoms with Gasteiger partial charge in [0.2, 0.25) is 0 Å². The predicted octanol–water partition coefficient (Wildman–Crippen LogP) is 11.0. The molecule has 0 aliphatic heterocycles. The zero-order valence-corrected chi connectivity index (χ0v) is 25.8. The minimum Gasteiger partial charge on any atom is -0.309 e. The van der Waals surface area contributed by atoms with Gasteiger partial charge >= 0.3 is 0 Å². The molecule has 0 saturated heterocycles. The standard InChI is InChI=1S/C44H26N4/c45-27-29-24-25-43-38(26-29)37-19-11-18-36(44(37)48(43)39-20-7-1-12-30(39)28-46)32-14-3-2-13-31(32)33-15-4-8-21-40(33)47-41-22-9-5-16-34(41)35-17-6-10-23-42(35)47/h1-26H. The lowest BCUT2D eigenvalue weighted by molar-refractivity contribution is 1.17. The van der Waals surface area contributed by atoms with Gasteiger partial charge in [0, 0.05) is 32.7 Å². The van der Waals surface area contributed by atoms with Crippen molar-refractivity contribution in [1.29, 1.82) is 10.5 Å². The number of nitriles is 2. The van der Waals surface area contributed by atoms with Crippen molar-refractivity contribution in [2.45, 2.75) is 0 Å².